The Kier molecular flexibility index (Phi) is 2.81. The van der Waals surface area contributed by atoms with Gasteiger partial charge in [0.15, 0.2) is 0 Å². The van der Waals surface area contributed by atoms with Gasteiger partial charge in [0, 0.05) is 22.6 Å². The van der Waals surface area contributed by atoms with Gasteiger partial charge in [0.05, 0.1) is 24.4 Å². The topological polar surface area (TPSA) is 49.9 Å². The van der Waals surface area contributed by atoms with Crippen molar-refractivity contribution >= 4 is 16.6 Å². The Morgan fingerprint density at radius 2 is 2.14 bits per heavy atom. The van der Waals surface area contributed by atoms with Crippen LogP contribution >= 0.6 is 0 Å². The summed E-state index contributed by atoms with van der Waals surface area (Å²) in [7, 11) is 0. The number of nitrogens with one attached hydrogen (secondary N) is 2. The van der Waals surface area contributed by atoms with Crippen LogP contribution in [0.15, 0.2) is 48.7 Å². The minimum absolute atomic E-state index is 0.263. The van der Waals surface area contributed by atoms with Crippen LogP contribution in [0, 0.1) is 5.92 Å². The molecular weight excluding hydrogens is 262 g/mol. The van der Waals surface area contributed by atoms with Crippen molar-refractivity contribution in [3.05, 3.63) is 54.2 Å². The Morgan fingerprint density at radius 1 is 1.24 bits per heavy atom. The number of H-pyrrole nitrogens is 1. The molecule has 0 aliphatic carbocycles. The Balaban J connectivity index is 1.69. The van der Waals surface area contributed by atoms with Gasteiger partial charge in [-0.1, -0.05) is 25.1 Å². The highest BCUT2D eigenvalue weighted by atomic mass is 16.5. The highest BCUT2D eigenvalue weighted by molar-refractivity contribution is 5.81. The SMILES string of the molecule is CC1COc2ccccc2C1Nc1ccc2[nH]ncc2c1. The average Bonchev–Trinajstić information content (AvgIpc) is 2.98. The highest BCUT2D eigenvalue weighted by Gasteiger charge is 2.27. The monoisotopic (exact) mass is 279 g/mol. The van der Waals surface area contributed by atoms with E-state index in [0.717, 1.165) is 28.9 Å². The number of aromatic amines is 1. The van der Waals surface area contributed by atoms with Gasteiger partial charge in [-0.15, -0.1) is 0 Å². The molecule has 1 aromatic heterocycles. The van der Waals surface area contributed by atoms with Crippen LogP contribution in [0.5, 0.6) is 5.75 Å². The van der Waals surface area contributed by atoms with Crippen molar-refractivity contribution in [3.63, 3.8) is 0 Å². The summed E-state index contributed by atoms with van der Waals surface area (Å²) in [6.45, 7) is 2.95. The van der Waals surface area contributed by atoms with Gasteiger partial charge < -0.3 is 10.1 Å². The number of para-hydroxylation sites is 1. The first-order chi connectivity index (χ1) is 10.3. The number of hydrogen-bond donors (Lipinski definition) is 2. The summed E-state index contributed by atoms with van der Waals surface area (Å²) < 4.78 is 5.81. The van der Waals surface area contributed by atoms with Crippen LogP contribution in [-0.2, 0) is 0 Å². The molecule has 4 heteroatoms. The lowest BCUT2D eigenvalue weighted by Crippen LogP contribution is -2.28. The Bertz CT molecular complexity index is 780. The molecule has 4 nitrogen and oxygen atoms in total. The van der Waals surface area contributed by atoms with Gasteiger partial charge in [0.25, 0.3) is 0 Å². The summed E-state index contributed by atoms with van der Waals surface area (Å²) in [5.74, 6) is 1.40. The van der Waals surface area contributed by atoms with E-state index in [1.165, 1.54) is 5.56 Å². The van der Waals surface area contributed by atoms with E-state index < -0.39 is 0 Å². The maximum Gasteiger partial charge on any atom is 0.124 e. The van der Waals surface area contributed by atoms with Crippen LogP contribution in [0.25, 0.3) is 10.9 Å². The quantitative estimate of drug-likeness (QED) is 0.751. The molecule has 3 aromatic rings. The molecule has 2 atom stereocenters. The zero-order valence-corrected chi connectivity index (χ0v) is 11.8. The van der Waals surface area contributed by atoms with Gasteiger partial charge in [-0.25, -0.2) is 0 Å². The van der Waals surface area contributed by atoms with Crippen molar-refractivity contribution in [1.82, 2.24) is 10.2 Å². The van der Waals surface area contributed by atoms with Gasteiger partial charge in [0.2, 0.25) is 0 Å². The Hall–Kier alpha value is -2.49. The van der Waals surface area contributed by atoms with Crippen LogP contribution in [0.3, 0.4) is 0 Å². The van der Waals surface area contributed by atoms with E-state index in [1.54, 1.807) is 0 Å². The van der Waals surface area contributed by atoms with E-state index in [-0.39, 0.29) is 6.04 Å². The number of rotatable bonds is 2. The van der Waals surface area contributed by atoms with Crippen LogP contribution in [0.2, 0.25) is 0 Å². The standard InChI is InChI=1S/C17H17N3O/c1-11-10-21-16-5-3-2-4-14(16)17(11)19-13-6-7-15-12(8-13)9-18-20-15/h2-9,11,17,19H,10H2,1H3,(H,18,20). The van der Waals surface area contributed by atoms with Gasteiger partial charge in [-0.3, -0.25) is 5.10 Å². The average molecular weight is 279 g/mol. The summed E-state index contributed by atoms with van der Waals surface area (Å²) in [6, 6.07) is 14.8. The van der Waals surface area contributed by atoms with Gasteiger partial charge in [0.1, 0.15) is 5.75 Å². The smallest absolute Gasteiger partial charge is 0.124 e. The molecule has 0 amide bonds. The first-order valence-electron chi connectivity index (χ1n) is 7.22. The molecule has 0 spiro atoms. The fourth-order valence-electron chi connectivity index (χ4n) is 2.92. The minimum atomic E-state index is 0.263. The molecule has 4 rings (SSSR count). The second-order valence-electron chi connectivity index (χ2n) is 5.62. The van der Waals surface area contributed by atoms with E-state index in [4.69, 9.17) is 4.74 Å². The van der Waals surface area contributed by atoms with Gasteiger partial charge in [-0.05, 0) is 24.3 Å². The number of nitrogens with zero attached hydrogens (tertiary/aromatic N) is 1. The molecule has 0 radical (unpaired) electrons. The molecule has 1 aliphatic heterocycles. The third-order valence-electron chi connectivity index (χ3n) is 4.09. The lowest BCUT2D eigenvalue weighted by molar-refractivity contribution is 0.214. The summed E-state index contributed by atoms with van der Waals surface area (Å²) in [6.07, 6.45) is 1.85. The molecule has 2 N–H and O–H groups in total. The van der Waals surface area contributed by atoms with Crippen molar-refractivity contribution in [2.45, 2.75) is 13.0 Å². The van der Waals surface area contributed by atoms with E-state index in [0.29, 0.717) is 5.92 Å². The van der Waals surface area contributed by atoms with E-state index in [1.807, 2.05) is 18.3 Å². The zero-order chi connectivity index (χ0) is 14.2. The van der Waals surface area contributed by atoms with E-state index >= 15 is 0 Å². The second-order valence-corrected chi connectivity index (χ2v) is 5.62. The third kappa shape index (κ3) is 2.13. The maximum atomic E-state index is 5.81. The molecule has 0 saturated heterocycles. The largest absolute Gasteiger partial charge is 0.493 e. The predicted molar refractivity (Wildman–Crippen MR) is 83.6 cm³/mol. The van der Waals surface area contributed by atoms with Crippen molar-refractivity contribution < 1.29 is 4.74 Å². The Morgan fingerprint density at radius 3 is 3.10 bits per heavy atom. The summed E-state index contributed by atoms with van der Waals surface area (Å²) in [5.41, 5.74) is 3.39. The maximum absolute atomic E-state index is 5.81. The number of ether oxygens (including phenoxy) is 1. The molecule has 2 aromatic carbocycles. The number of hydrogen-bond acceptors (Lipinski definition) is 3. The molecular formula is C17H17N3O. The summed E-state index contributed by atoms with van der Waals surface area (Å²) >= 11 is 0. The normalized spacial score (nSPS) is 20.8. The molecule has 106 valence electrons. The molecule has 2 heterocycles. The highest BCUT2D eigenvalue weighted by Crippen LogP contribution is 2.37. The van der Waals surface area contributed by atoms with Crippen LogP contribution < -0.4 is 10.1 Å². The van der Waals surface area contributed by atoms with Gasteiger partial charge in [-0.2, -0.15) is 5.10 Å². The molecule has 21 heavy (non-hydrogen) atoms. The van der Waals surface area contributed by atoms with Crippen molar-refractivity contribution in [2.75, 3.05) is 11.9 Å². The number of fused-ring (bicyclic) bond motifs is 2. The van der Waals surface area contributed by atoms with Crippen molar-refractivity contribution in [1.29, 1.82) is 0 Å². The summed E-state index contributed by atoms with van der Waals surface area (Å²) in [5, 5.41) is 11.8. The number of anilines is 1. The van der Waals surface area contributed by atoms with Crippen LogP contribution in [0.4, 0.5) is 5.69 Å². The Labute approximate surface area is 123 Å². The molecule has 0 saturated carbocycles. The predicted octanol–water partition coefficient (Wildman–Crippen LogP) is 3.74. The van der Waals surface area contributed by atoms with Gasteiger partial charge >= 0.3 is 0 Å². The van der Waals surface area contributed by atoms with E-state index in [9.17, 15) is 0 Å². The number of benzene rings is 2. The van der Waals surface area contributed by atoms with Crippen molar-refractivity contribution in [2.24, 2.45) is 5.92 Å². The molecule has 0 fully saturated rings. The lowest BCUT2D eigenvalue weighted by Gasteiger charge is -2.32. The number of aromatic nitrogens is 2. The van der Waals surface area contributed by atoms with Crippen LogP contribution in [0.1, 0.15) is 18.5 Å². The fourth-order valence-corrected chi connectivity index (χ4v) is 2.92. The first-order valence-corrected chi connectivity index (χ1v) is 7.22. The van der Waals surface area contributed by atoms with Crippen LogP contribution in [-0.4, -0.2) is 16.8 Å². The van der Waals surface area contributed by atoms with E-state index in [2.05, 4.69) is 52.8 Å². The summed E-state index contributed by atoms with van der Waals surface area (Å²) in [4.78, 5) is 0. The lowest BCUT2D eigenvalue weighted by atomic mass is 9.92. The first kappa shape index (κ1) is 12.3. The molecule has 2 unspecified atom stereocenters. The fraction of sp³-hybridized carbons (Fsp3) is 0.235. The van der Waals surface area contributed by atoms with Crippen molar-refractivity contribution in [3.8, 4) is 5.75 Å². The third-order valence-corrected chi connectivity index (χ3v) is 4.09. The molecule has 0 bridgehead atoms. The minimum Gasteiger partial charge on any atom is -0.493 e. The zero-order valence-electron chi connectivity index (χ0n) is 11.8. The second kappa shape index (κ2) is 4.81. The molecule has 1 aliphatic rings.